The van der Waals surface area contributed by atoms with Crippen molar-refractivity contribution in [1.29, 1.82) is 0 Å². The van der Waals surface area contributed by atoms with Crippen molar-refractivity contribution in [1.82, 2.24) is 0 Å². The van der Waals surface area contributed by atoms with E-state index in [9.17, 15) is 0 Å². The summed E-state index contributed by atoms with van der Waals surface area (Å²) in [6.45, 7) is 2.23. The first-order valence-electron chi connectivity index (χ1n) is 5.56. The van der Waals surface area contributed by atoms with Gasteiger partial charge < -0.3 is 33.2 Å². The predicted octanol–water partition coefficient (Wildman–Crippen LogP) is -3.51. The molecule has 0 fully saturated rings. The second-order valence-corrected chi connectivity index (χ2v) is 6.23. The number of hydrogen-bond donors (Lipinski definition) is 2. The average molecular weight is 284 g/mol. The first-order chi connectivity index (χ1) is 7.85. The third-order valence-corrected chi connectivity index (χ3v) is 1.54. The molecule has 0 spiro atoms. The molecule has 2 N–H and O–H groups in total. The fourth-order valence-electron chi connectivity index (χ4n) is 0.600. The summed E-state index contributed by atoms with van der Waals surface area (Å²) in [6, 6.07) is 0. The monoisotopic (exact) mass is 284 g/mol. The molecule has 8 heteroatoms. The molecular formula is C10H28N2O5Si. The Bertz CT molecular complexity index is 181. The molecule has 0 heterocycles. The van der Waals surface area contributed by atoms with Gasteiger partial charge in [0.2, 0.25) is 0 Å². The standard InChI is InChI=1S/2C5H14NO.O3Si/c2*1-6(2,3)4-5-7;1-4(2)3/h2*7H,4-5H2,1-3H3;/q2*+1;-2. The SMILES string of the molecule is C[N+](C)(C)CCO.C[N+](C)(C)CCO.O=[Si]([O-])[O-]. The van der Waals surface area contributed by atoms with Crippen LogP contribution >= 0.6 is 0 Å². The number of nitrogens with zero attached hydrogens (tertiary/aromatic N) is 2. The third-order valence-electron chi connectivity index (χ3n) is 1.54. The highest BCUT2D eigenvalue weighted by atomic mass is 28.3. The zero-order chi connectivity index (χ0) is 15.4. The number of quaternary nitrogens is 2. The number of aliphatic hydroxyl groups excluding tert-OH is 2. The van der Waals surface area contributed by atoms with Crippen molar-refractivity contribution in [2.75, 3.05) is 68.6 Å². The predicted molar refractivity (Wildman–Crippen MR) is 66.4 cm³/mol. The van der Waals surface area contributed by atoms with E-state index >= 15 is 0 Å². The second-order valence-electron chi connectivity index (χ2n) is 5.73. The van der Waals surface area contributed by atoms with Crippen LogP contribution in [0.1, 0.15) is 0 Å². The molecule has 0 aromatic heterocycles. The minimum Gasteiger partial charge on any atom is -0.672 e. The van der Waals surface area contributed by atoms with Gasteiger partial charge in [-0.15, -0.1) is 0 Å². The molecule has 0 atom stereocenters. The normalized spacial score (nSPS) is 10.7. The Labute approximate surface area is 112 Å². The molecule has 0 bridgehead atoms. The highest BCUT2D eigenvalue weighted by Crippen LogP contribution is 1.85. The summed E-state index contributed by atoms with van der Waals surface area (Å²) in [5, 5.41) is 16.8. The molecule has 0 saturated carbocycles. The Hall–Kier alpha value is -0.543. The van der Waals surface area contributed by atoms with E-state index in [0.717, 1.165) is 22.1 Å². The fraction of sp³-hybridized carbons (Fsp3) is 1.00. The van der Waals surface area contributed by atoms with E-state index in [1.54, 1.807) is 0 Å². The summed E-state index contributed by atoms with van der Waals surface area (Å²) in [4.78, 5) is 17.0. The Morgan fingerprint density at radius 3 is 1.00 bits per heavy atom. The quantitative estimate of drug-likeness (QED) is 0.412. The molecule has 18 heavy (non-hydrogen) atoms. The van der Waals surface area contributed by atoms with Crippen LogP contribution in [0, 0.1) is 0 Å². The van der Waals surface area contributed by atoms with Crippen LogP contribution in [0.5, 0.6) is 0 Å². The highest BCUT2D eigenvalue weighted by molar-refractivity contribution is 6.17. The summed E-state index contributed by atoms with van der Waals surface area (Å²) in [7, 11) is 8.68. The third kappa shape index (κ3) is 58.1. The first-order valence-corrected chi connectivity index (χ1v) is 6.79. The minimum absolute atomic E-state index is 0.281. The molecule has 0 radical (unpaired) electrons. The fourth-order valence-corrected chi connectivity index (χ4v) is 0.600. The van der Waals surface area contributed by atoms with Gasteiger partial charge in [-0.2, -0.15) is 0 Å². The lowest BCUT2D eigenvalue weighted by molar-refractivity contribution is -0.870. The lowest BCUT2D eigenvalue weighted by Gasteiger charge is -2.21. The number of rotatable bonds is 4. The molecule has 0 amide bonds. The lowest BCUT2D eigenvalue weighted by atomic mass is 10.5. The molecule has 0 aliphatic heterocycles. The molecular weight excluding hydrogens is 256 g/mol. The summed E-state index contributed by atoms with van der Waals surface area (Å²) >= 11 is 0. The maximum atomic E-state index is 8.52. The number of likely N-dealkylation sites (N-methyl/N-ethyl adjacent to an activating group) is 2. The molecule has 0 aromatic rings. The van der Waals surface area contributed by atoms with E-state index in [2.05, 4.69) is 42.3 Å². The van der Waals surface area contributed by atoms with E-state index in [-0.39, 0.29) is 13.2 Å². The van der Waals surface area contributed by atoms with Gasteiger partial charge in [0.05, 0.1) is 55.5 Å². The smallest absolute Gasteiger partial charge is 0.101 e. The van der Waals surface area contributed by atoms with Crippen molar-refractivity contribution in [2.24, 2.45) is 0 Å². The van der Waals surface area contributed by atoms with Crippen LogP contribution < -0.4 is 9.59 Å². The maximum Gasteiger partial charge on any atom is 0.101 e. The van der Waals surface area contributed by atoms with Gasteiger partial charge in [-0.05, 0) is 0 Å². The Morgan fingerprint density at radius 2 is 1.00 bits per heavy atom. The zero-order valence-electron chi connectivity index (χ0n) is 12.3. The van der Waals surface area contributed by atoms with Crippen LogP contribution in [0.15, 0.2) is 0 Å². The molecule has 0 unspecified atom stereocenters. The van der Waals surface area contributed by atoms with Crippen molar-refractivity contribution in [2.45, 2.75) is 0 Å². The van der Waals surface area contributed by atoms with Crippen LogP contribution in [0.2, 0.25) is 0 Å². The van der Waals surface area contributed by atoms with Gasteiger partial charge in [0, 0.05) is 9.17 Å². The summed E-state index contributed by atoms with van der Waals surface area (Å²) < 4.78 is 10.2. The van der Waals surface area contributed by atoms with E-state index in [1.807, 2.05) is 0 Å². The minimum atomic E-state index is -3.63. The molecule has 7 nitrogen and oxygen atoms in total. The van der Waals surface area contributed by atoms with Crippen molar-refractivity contribution in [3.63, 3.8) is 0 Å². The van der Waals surface area contributed by atoms with E-state index in [1.165, 1.54) is 0 Å². The van der Waals surface area contributed by atoms with E-state index < -0.39 is 9.17 Å². The molecule has 0 aliphatic carbocycles. The van der Waals surface area contributed by atoms with Crippen LogP contribution in [-0.2, 0) is 4.46 Å². The van der Waals surface area contributed by atoms with Crippen molar-refractivity contribution in [3.8, 4) is 0 Å². The van der Waals surface area contributed by atoms with Crippen LogP contribution in [0.4, 0.5) is 0 Å². The van der Waals surface area contributed by atoms with Crippen molar-refractivity contribution < 1.29 is 33.2 Å². The Morgan fingerprint density at radius 1 is 0.833 bits per heavy atom. The van der Waals surface area contributed by atoms with E-state index in [0.29, 0.717) is 0 Å². The maximum absolute atomic E-state index is 8.52. The largest absolute Gasteiger partial charge is 0.672 e. The Balaban J connectivity index is -0.000000196. The van der Waals surface area contributed by atoms with Crippen LogP contribution in [0.3, 0.4) is 0 Å². The molecule has 0 rings (SSSR count). The zero-order valence-corrected chi connectivity index (χ0v) is 13.3. The summed E-state index contributed by atoms with van der Waals surface area (Å²) in [5.41, 5.74) is 0. The lowest BCUT2D eigenvalue weighted by Crippen LogP contribution is -2.36. The van der Waals surface area contributed by atoms with Crippen LogP contribution in [0.25, 0.3) is 0 Å². The van der Waals surface area contributed by atoms with Gasteiger partial charge in [0.25, 0.3) is 0 Å². The molecule has 112 valence electrons. The molecule has 0 aromatic carbocycles. The van der Waals surface area contributed by atoms with Crippen LogP contribution in [-0.4, -0.2) is 96.9 Å². The summed E-state index contributed by atoms with van der Waals surface area (Å²) in [5.74, 6) is 0. The molecule has 0 aliphatic rings. The number of hydrogen-bond acceptors (Lipinski definition) is 5. The summed E-state index contributed by atoms with van der Waals surface area (Å²) in [6.07, 6.45) is 0. The van der Waals surface area contributed by atoms with Gasteiger partial charge in [0.1, 0.15) is 13.1 Å². The van der Waals surface area contributed by atoms with Gasteiger partial charge in [-0.1, -0.05) is 0 Å². The second kappa shape index (κ2) is 11.5. The Kier molecular flexibility index (Phi) is 14.5. The average Bonchev–Trinajstić information content (AvgIpc) is 1.97. The van der Waals surface area contributed by atoms with Gasteiger partial charge in [-0.3, -0.25) is 0 Å². The first kappa shape index (κ1) is 22.6. The highest BCUT2D eigenvalue weighted by Gasteiger charge is 2.02. The van der Waals surface area contributed by atoms with Gasteiger partial charge in [-0.25, -0.2) is 0 Å². The molecule has 0 saturated heterocycles. The van der Waals surface area contributed by atoms with E-state index in [4.69, 9.17) is 24.3 Å². The number of aliphatic hydroxyl groups is 2. The van der Waals surface area contributed by atoms with Gasteiger partial charge in [0.15, 0.2) is 0 Å². The van der Waals surface area contributed by atoms with Crippen molar-refractivity contribution >= 4 is 9.17 Å². The topological polar surface area (TPSA) is 104 Å². The van der Waals surface area contributed by atoms with Gasteiger partial charge >= 0.3 is 0 Å². The van der Waals surface area contributed by atoms with Crippen molar-refractivity contribution in [3.05, 3.63) is 0 Å².